The van der Waals surface area contributed by atoms with Crippen molar-refractivity contribution in [2.45, 2.75) is 44.8 Å². The minimum atomic E-state index is -0.885. The largest absolute Gasteiger partial charge is 0.481 e. The van der Waals surface area contributed by atoms with Crippen LogP contribution in [0, 0.1) is 5.92 Å². The first-order valence-corrected chi connectivity index (χ1v) is 6.15. The zero-order valence-electron chi connectivity index (χ0n) is 11.2. The Kier molecular flexibility index (Phi) is 4.95. The van der Waals surface area contributed by atoms with Gasteiger partial charge in [-0.15, -0.1) is 0 Å². The van der Waals surface area contributed by atoms with Crippen molar-refractivity contribution in [3.63, 3.8) is 0 Å². The maximum atomic E-state index is 11.7. The highest BCUT2D eigenvalue weighted by Gasteiger charge is 2.33. The quantitative estimate of drug-likeness (QED) is 0.635. The minimum Gasteiger partial charge on any atom is -0.481 e. The summed E-state index contributed by atoms with van der Waals surface area (Å²) in [7, 11) is 1.58. The third-order valence-corrected chi connectivity index (χ3v) is 3.13. The second-order valence-corrected chi connectivity index (χ2v) is 5.33. The van der Waals surface area contributed by atoms with Gasteiger partial charge in [0, 0.05) is 19.7 Å². The van der Waals surface area contributed by atoms with E-state index >= 15 is 0 Å². The average molecular weight is 258 g/mol. The third-order valence-electron chi connectivity index (χ3n) is 3.13. The van der Waals surface area contributed by atoms with E-state index in [-0.39, 0.29) is 18.5 Å². The lowest BCUT2D eigenvalue weighted by atomic mass is 10.1. The van der Waals surface area contributed by atoms with Crippen LogP contribution in [-0.2, 0) is 9.53 Å². The summed E-state index contributed by atoms with van der Waals surface area (Å²) in [5, 5.41) is 14.2. The minimum absolute atomic E-state index is 0.0221. The molecule has 0 saturated heterocycles. The standard InChI is InChI=1S/C12H22N2O4/c1-12(2,18-3)7-13-11(17)14-9(6-10(15)16)8-4-5-8/h8-9H,4-7H2,1-3H3,(H,15,16)(H2,13,14,17). The lowest BCUT2D eigenvalue weighted by Crippen LogP contribution is -2.48. The number of carboxylic acids is 1. The van der Waals surface area contributed by atoms with Gasteiger partial charge in [0.05, 0.1) is 12.0 Å². The van der Waals surface area contributed by atoms with Crippen molar-refractivity contribution >= 4 is 12.0 Å². The monoisotopic (exact) mass is 258 g/mol. The van der Waals surface area contributed by atoms with Gasteiger partial charge in [-0.25, -0.2) is 4.79 Å². The summed E-state index contributed by atoms with van der Waals surface area (Å²) in [4.78, 5) is 22.4. The van der Waals surface area contributed by atoms with E-state index in [0.29, 0.717) is 12.5 Å². The van der Waals surface area contributed by atoms with Crippen LogP contribution in [0.3, 0.4) is 0 Å². The van der Waals surface area contributed by atoms with Gasteiger partial charge in [0.2, 0.25) is 0 Å². The molecule has 1 saturated carbocycles. The fourth-order valence-corrected chi connectivity index (χ4v) is 1.61. The van der Waals surface area contributed by atoms with Crippen molar-refractivity contribution in [2.24, 2.45) is 5.92 Å². The highest BCUT2D eigenvalue weighted by molar-refractivity contribution is 5.75. The number of methoxy groups -OCH3 is 1. The van der Waals surface area contributed by atoms with Crippen LogP contribution >= 0.6 is 0 Å². The molecule has 1 atom stereocenters. The average Bonchev–Trinajstić information content (AvgIpc) is 3.09. The van der Waals surface area contributed by atoms with Crippen LogP contribution in [0.5, 0.6) is 0 Å². The molecule has 0 aromatic carbocycles. The highest BCUT2D eigenvalue weighted by Crippen LogP contribution is 2.33. The Morgan fingerprint density at radius 2 is 2.06 bits per heavy atom. The van der Waals surface area contributed by atoms with Gasteiger partial charge in [0.15, 0.2) is 0 Å². The Hall–Kier alpha value is -1.30. The second kappa shape index (κ2) is 6.04. The lowest BCUT2D eigenvalue weighted by Gasteiger charge is -2.24. The summed E-state index contributed by atoms with van der Waals surface area (Å²) in [5.41, 5.74) is -0.431. The van der Waals surface area contributed by atoms with Gasteiger partial charge in [-0.3, -0.25) is 4.79 Å². The maximum Gasteiger partial charge on any atom is 0.315 e. The van der Waals surface area contributed by atoms with E-state index in [1.54, 1.807) is 7.11 Å². The molecule has 0 spiro atoms. The summed E-state index contributed by atoms with van der Waals surface area (Å²) >= 11 is 0. The van der Waals surface area contributed by atoms with E-state index in [0.717, 1.165) is 12.8 Å². The number of ether oxygens (including phenoxy) is 1. The van der Waals surface area contributed by atoms with Crippen molar-refractivity contribution in [1.82, 2.24) is 10.6 Å². The molecule has 0 radical (unpaired) electrons. The first-order valence-electron chi connectivity index (χ1n) is 6.15. The molecule has 104 valence electrons. The molecule has 1 fully saturated rings. The smallest absolute Gasteiger partial charge is 0.315 e. The van der Waals surface area contributed by atoms with Gasteiger partial charge in [0.25, 0.3) is 0 Å². The van der Waals surface area contributed by atoms with Gasteiger partial charge in [0.1, 0.15) is 0 Å². The number of carbonyl (C=O) groups excluding carboxylic acids is 1. The first kappa shape index (κ1) is 14.8. The van der Waals surface area contributed by atoms with Crippen LogP contribution in [-0.4, -0.2) is 42.4 Å². The third kappa shape index (κ3) is 5.35. The summed E-state index contributed by atoms with van der Waals surface area (Å²) in [5.74, 6) is -0.577. The van der Waals surface area contributed by atoms with Crippen molar-refractivity contribution in [3.05, 3.63) is 0 Å². The van der Waals surface area contributed by atoms with E-state index in [2.05, 4.69) is 10.6 Å². The second-order valence-electron chi connectivity index (χ2n) is 5.33. The molecule has 18 heavy (non-hydrogen) atoms. The number of carbonyl (C=O) groups is 2. The molecule has 0 aromatic rings. The summed E-state index contributed by atoms with van der Waals surface area (Å²) < 4.78 is 5.18. The molecular weight excluding hydrogens is 236 g/mol. The predicted octanol–water partition coefficient (Wildman–Crippen LogP) is 0.964. The molecule has 1 unspecified atom stereocenters. The maximum absolute atomic E-state index is 11.7. The Morgan fingerprint density at radius 1 is 1.44 bits per heavy atom. The number of nitrogens with one attached hydrogen (secondary N) is 2. The van der Waals surface area contributed by atoms with E-state index in [4.69, 9.17) is 9.84 Å². The number of urea groups is 1. The molecule has 0 aromatic heterocycles. The van der Waals surface area contributed by atoms with Gasteiger partial charge in [-0.1, -0.05) is 0 Å². The molecule has 1 aliphatic rings. The van der Waals surface area contributed by atoms with Gasteiger partial charge < -0.3 is 20.5 Å². The van der Waals surface area contributed by atoms with Crippen LogP contribution in [0.1, 0.15) is 33.1 Å². The molecule has 0 bridgehead atoms. The SMILES string of the molecule is COC(C)(C)CNC(=O)NC(CC(=O)O)C1CC1. The number of amides is 2. The molecule has 0 heterocycles. The van der Waals surface area contributed by atoms with E-state index in [9.17, 15) is 9.59 Å². The van der Waals surface area contributed by atoms with Crippen molar-refractivity contribution in [3.8, 4) is 0 Å². The van der Waals surface area contributed by atoms with Crippen molar-refractivity contribution in [2.75, 3.05) is 13.7 Å². The van der Waals surface area contributed by atoms with Crippen molar-refractivity contribution < 1.29 is 19.4 Å². The fourth-order valence-electron chi connectivity index (χ4n) is 1.61. The molecule has 1 rings (SSSR count). The van der Waals surface area contributed by atoms with E-state index < -0.39 is 11.6 Å². The predicted molar refractivity (Wildman–Crippen MR) is 66.4 cm³/mol. The number of hydrogen-bond acceptors (Lipinski definition) is 3. The topological polar surface area (TPSA) is 87.7 Å². The summed E-state index contributed by atoms with van der Waals surface area (Å²) in [6.45, 7) is 4.10. The normalized spacial score (nSPS) is 17.1. The van der Waals surface area contributed by atoms with Crippen LogP contribution in [0.4, 0.5) is 4.79 Å². The molecule has 1 aliphatic carbocycles. The number of hydrogen-bond donors (Lipinski definition) is 3. The van der Waals surface area contributed by atoms with Crippen LogP contribution in [0.15, 0.2) is 0 Å². The number of aliphatic carboxylic acids is 1. The lowest BCUT2D eigenvalue weighted by molar-refractivity contribution is -0.137. The van der Waals surface area contributed by atoms with Gasteiger partial charge in [-0.2, -0.15) is 0 Å². The molecule has 3 N–H and O–H groups in total. The van der Waals surface area contributed by atoms with Gasteiger partial charge in [-0.05, 0) is 32.6 Å². The summed E-state index contributed by atoms with van der Waals surface area (Å²) in [6, 6.07) is -0.605. The number of rotatable bonds is 7. The summed E-state index contributed by atoms with van der Waals surface area (Å²) in [6.07, 6.45) is 1.95. The number of carboxylic acid groups (broad SMARTS) is 1. The Morgan fingerprint density at radius 3 is 2.50 bits per heavy atom. The fraction of sp³-hybridized carbons (Fsp3) is 0.833. The first-order chi connectivity index (χ1) is 8.34. The highest BCUT2D eigenvalue weighted by atomic mass is 16.5. The molecule has 6 heteroatoms. The Bertz CT molecular complexity index is 313. The van der Waals surface area contributed by atoms with Crippen LogP contribution in [0.25, 0.3) is 0 Å². The van der Waals surface area contributed by atoms with Crippen LogP contribution < -0.4 is 10.6 Å². The zero-order valence-corrected chi connectivity index (χ0v) is 11.2. The zero-order chi connectivity index (χ0) is 13.8. The van der Waals surface area contributed by atoms with E-state index in [1.165, 1.54) is 0 Å². The molecule has 6 nitrogen and oxygen atoms in total. The molecule has 0 aliphatic heterocycles. The Balaban J connectivity index is 2.35. The molecule has 2 amide bonds. The van der Waals surface area contributed by atoms with Crippen LogP contribution in [0.2, 0.25) is 0 Å². The van der Waals surface area contributed by atoms with E-state index in [1.807, 2.05) is 13.8 Å². The van der Waals surface area contributed by atoms with Crippen molar-refractivity contribution in [1.29, 1.82) is 0 Å². The molecular formula is C12H22N2O4. The van der Waals surface area contributed by atoms with Gasteiger partial charge >= 0.3 is 12.0 Å². The Labute approximate surface area is 107 Å².